The van der Waals surface area contributed by atoms with Crippen molar-refractivity contribution in [2.45, 2.75) is 44.6 Å². The van der Waals surface area contributed by atoms with Crippen molar-refractivity contribution in [1.29, 1.82) is 0 Å². The third-order valence-electron chi connectivity index (χ3n) is 3.96. The van der Waals surface area contributed by atoms with Gasteiger partial charge in [-0.2, -0.15) is 0 Å². The molecule has 21 heavy (non-hydrogen) atoms. The van der Waals surface area contributed by atoms with Crippen molar-refractivity contribution in [2.24, 2.45) is 5.92 Å². The second kappa shape index (κ2) is 7.59. The predicted octanol–water partition coefficient (Wildman–Crippen LogP) is 3.14. The van der Waals surface area contributed by atoms with Crippen LogP contribution >= 0.6 is 15.9 Å². The van der Waals surface area contributed by atoms with Crippen molar-refractivity contribution in [3.8, 4) is 0 Å². The van der Waals surface area contributed by atoms with Gasteiger partial charge in [0.1, 0.15) is 6.04 Å². The third kappa shape index (κ3) is 4.84. The van der Waals surface area contributed by atoms with Crippen molar-refractivity contribution in [2.75, 3.05) is 0 Å². The van der Waals surface area contributed by atoms with Gasteiger partial charge in [-0.05, 0) is 30.4 Å². The van der Waals surface area contributed by atoms with E-state index in [4.69, 9.17) is 0 Å². The molecule has 1 aromatic rings. The quantitative estimate of drug-likeness (QED) is 0.825. The standard InChI is InChI=1S/C16H20BrNO3/c17-13-8-4-3-7-12(13)10-14(16(20)21)18-15(19)9-11-5-1-2-6-11/h3-4,7-8,11,14H,1-2,5-6,9-10H2,(H,18,19)(H,20,21)/t14-/m1/s1. The van der Waals surface area contributed by atoms with E-state index < -0.39 is 12.0 Å². The van der Waals surface area contributed by atoms with Gasteiger partial charge >= 0.3 is 5.97 Å². The SMILES string of the molecule is O=C(CC1CCCC1)N[C@H](Cc1ccccc1Br)C(=O)O. The molecule has 1 aliphatic carbocycles. The molecule has 0 heterocycles. The minimum Gasteiger partial charge on any atom is -0.480 e. The highest BCUT2D eigenvalue weighted by molar-refractivity contribution is 9.10. The molecule has 114 valence electrons. The van der Waals surface area contributed by atoms with Crippen molar-refractivity contribution in [3.05, 3.63) is 34.3 Å². The molecule has 0 aromatic heterocycles. The Balaban J connectivity index is 1.94. The molecule has 0 bridgehead atoms. The Bertz CT molecular complexity index is 512. The molecular weight excluding hydrogens is 334 g/mol. The zero-order valence-corrected chi connectivity index (χ0v) is 13.4. The number of benzene rings is 1. The van der Waals surface area contributed by atoms with Crippen molar-refractivity contribution in [1.82, 2.24) is 5.32 Å². The average molecular weight is 354 g/mol. The summed E-state index contributed by atoms with van der Waals surface area (Å²) in [5, 5.41) is 12.0. The number of hydrogen-bond donors (Lipinski definition) is 2. The summed E-state index contributed by atoms with van der Waals surface area (Å²) in [6.07, 6.45) is 5.24. The summed E-state index contributed by atoms with van der Waals surface area (Å²) in [6.45, 7) is 0. The molecule has 4 nitrogen and oxygen atoms in total. The number of hydrogen-bond acceptors (Lipinski definition) is 2. The van der Waals surface area contributed by atoms with E-state index in [1.807, 2.05) is 24.3 Å². The first kappa shape index (κ1) is 16.0. The molecule has 1 saturated carbocycles. The Kier molecular flexibility index (Phi) is 5.79. The van der Waals surface area contributed by atoms with Crippen molar-refractivity contribution < 1.29 is 14.7 Å². The summed E-state index contributed by atoms with van der Waals surface area (Å²) in [5.41, 5.74) is 0.881. The summed E-state index contributed by atoms with van der Waals surface area (Å²) in [6, 6.07) is 6.59. The molecule has 5 heteroatoms. The number of nitrogens with one attached hydrogen (secondary N) is 1. The highest BCUT2D eigenvalue weighted by atomic mass is 79.9. The van der Waals surface area contributed by atoms with Gasteiger partial charge in [0, 0.05) is 17.3 Å². The van der Waals surface area contributed by atoms with Crippen molar-refractivity contribution in [3.63, 3.8) is 0 Å². The van der Waals surface area contributed by atoms with Crippen LogP contribution in [0.5, 0.6) is 0 Å². The Morgan fingerprint density at radius 2 is 1.95 bits per heavy atom. The van der Waals surface area contributed by atoms with Gasteiger partial charge in [0.25, 0.3) is 0 Å². The first-order valence-electron chi connectivity index (χ1n) is 7.32. The van der Waals surface area contributed by atoms with Crippen LogP contribution in [0, 0.1) is 5.92 Å². The minimum atomic E-state index is -0.995. The first-order valence-corrected chi connectivity index (χ1v) is 8.11. The van der Waals surface area contributed by atoms with Gasteiger partial charge in [0.15, 0.2) is 0 Å². The molecule has 2 N–H and O–H groups in total. The largest absolute Gasteiger partial charge is 0.480 e. The van der Waals surface area contributed by atoms with Gasteiger partial charge in [-0.3, -0.25) is 4.79 Å². The number of amides is 1. The van der Waals surface area contributed by atoms with Crippen LogP contribution in [0.15, 0.2) is 28.7 Å². The number of rotatable bonds is 6. The number of carbonyl (C=O) groups is 2. The second-order valence-corrected chi connectivity index (χ2v) is 6.46. The fraction of sp³-hybridized carbons (Fsp3) is 0.500. The zero-order chi connectivity index (χ0) is 15.2. The van der Waals surface area contributed by atoms with E-state index in [-0.39, 0.29) is 12.3 Å². The van der Waals surface area contributed by atoms with Crippen LogP contribution in [0.4, 0.5) is 0 Å². The van der Waals surface area contributed by atoms with Gasteiger partial charge in [0.2, 0.25) is 5.91 Å². The number of carboxylic acid groups (broad SMARTS) is 1. The summed E-state index contributed by atoms with van der Waals surface area (Å²) in [4.78, 5) is 23.4. The van der Waals surface area contributed by atoms with Crippen molar-refractivity contribution >= 4 is 27.8 Å². The van der Waals surface area contributed by atoms with Gasteiger partial charge in [-0.1, -0.05) is 47.0 Å². The van der Waals surface area contributed by atoms with Crippen LogP contribution in [-0.4, -0.2) is 23.0 Å². The minimum absolute atomic E-state index is 0.152. The lowest BCUT2D eigenvalue weighted by atomic mass is 10.0. The van der Waals surface area contributed by atoms with E-state index in [1.165, 1.54) is 12.8 Å². The van der Waals surface area contributed by atoms with E-state index in [1.54, 1.807) is 0 Å². The summed E-state index contributed by atoms with van der Waals surface area (Å²) >= 11 is 3.41. The van der Waals surface area contributed by atoms with Gasteiger partial charge in [0.05, 0.1) is 0 Å². The molecule has 0 spiro atoms. The lowest BCUT2D eigenvalue weighted by Crippen LogP contribution is -2.42. The molecule has 2 rings (SSSR count). The Morgan fingerprint density at radius 1 is 1.29 bits per heavy atom. The van der Waals surface area contributed by atoms with Crippen LogP contribution in [0.2, 0.25) is 0 Å². The van der Waals surface area contributed by atoms with Crippen LogP contribution in [0.3, 0.4) is 0 Å². The lowest BCUT2D eigenvalue weighted by molar-refractivity contribution is -0.141. The predicted molar refractivity (Wildman–Crippen MR) is 84.0 cm³/mol. The van der Waals surface area contributed by atoms with Gasteiger partial charge in [-0.25, -0.2) is 4.79 Å². The zero-order valence-electron chi connectivity index (χ0n) is 11.8. The van der Waals surface area contributed by atoms with E-state index in [2.05, 4.69) is 21.2 Å². The fourth-order valence-corrected chi connectivity index (χ4v) is 3.26. The molecule has 1 amide bonds. The summed E-state index contributed by atoms with van der Waals surface area (Å²) in [7, 11) is 0. The van der Waals surface area contributed by atoms with Gasteiger partial charge in [-0.15, -0.1) is 0 Å². The number of aliphatic carboxylic acids is 1. The Morgan fingerprint density at radius 3 is 2.57 bits per heavy atom. The molecule has 0 unspecified atom stereocenters. The normalized spacial score (nSPS) is 16.6. The van der Waals surface area contributed by atoms with Crippen LogP contribution in [0.1, 0.15) is 37.7 Å². The fourth-order valence-electron chi connectivity index (χ4n) is 2.81. The average Bonchev–Trinajstić information content (AvgIpc) is 2.93. The van der Waals surface area contributed by atoms with Gasteiger partial charge < -0.3 is 10.4 Å². The topological polar surface area (TPSA) is 66.4 Å². The third-order valence-corrected chi connectivity index (χ3v) is 4.74. The molecule has 1 fully saturated rings. The summed E-state index contributed by atoms with van der Waals surface area (Å²) < 4.78 is 0.862. The highest BCUT2D eigenvalue weighted by Crippen LogP contribution is 2.27. The molecule has 0 radical (unpaired) electrons. The van der Waals surface area contributed by atoms with Crippen LogP contribution in [0.25, 0.3) is 0 Å². The van der Waals surface area contributed by atoms with E-state index >= 15 is 0 Å². The maximum absolute atomic E-state index is 12.0. The van der Waals surface area contributed by atoms with E-state index in [9.17, 15) is 14.7 Å². The van der Waals surface area contributed by atoms with E-state index in [0.717, 1.165) is 22.9 Å². The summed E-state index contributed by atoms with van der Waals surface area (Å²) in [5.74, 6) is -0.727. The molecule has 1 aliphatic rings. The molecule has 1 atom stereocenters. The Hall–Kier alpha value is -1.36. The number of carbonyl (C=O) groups excluding carboxylic acids is 1. The van der Waals surface area contributed by atoms with Crippen LogP contribution in [-0.2, 0) is 16.0 Å². The van der Waals surface area contributed by atoms with Crippen LogP contribution < -0.4 is 5.32 Å². The highest BCUT2D eigenvalue weighted by Gasteiger charge is 2.24. The second-order valence-electron chi connectivity index (χ2n) is 5.61. The Labute approximate surface area is 133 Å². The molecular formula is C16H20BrNO3. The maximum Gasteiger partial charge on any atom is 0.326 e. The van der Waals surface area contributed by atoms with E-state index in [0.29, 0.717) is 12.3 Å². The molecule has 1 aromatic carbocycles. The smallest absolute Gasteiger partial charge is 0.326 e. The molecule has 0 aliphatic heterocycles. The lowest BCUT2D eigenvalue weighted by Gasteiger charge is -2.17. The number of halogens is 1. The molecule has 0 saturated heterocycles. The first-order chi connectivity index (χ1) is 10.1. The number of carboxylic acids is 1. The monoisotopic (exact) mass is 353 g/mol. The maximum atomic E-state index is 12.0.